The van der Waals surface area contributed by atoms with E-state index in [0.29, 0.717) is 0 Å². The molecule has 0 N–H and O–H groups in total. The van der Waals surface area contributed by atoms with Crippen LogP contribution < -0.4 is 9.47 Å². The third-order valence-corrected chi connectivity index (χ3v) is 2.04. The van der Waals surface area contributed by atoms with Crippen molar-refractivity contribution in [1.82, 2.24) is 0 Å². The van der Waals surface area contributed by atoms with Crippen molar-refractivity contribution >= 4 is 0 Å². The van der Waals surface area contributed by atoms with Gasteiger partial charge in [0.25, 0.3) is 0 Å². The van der Waals surface area contributed by atoms with E-state index in [4.69, 9.17) is 9.47 Å². The Bertz CT molecular complexity index is 358. The topological polar surface area (TPSA) is 18.5 Å². The highest BCUT2D eigenvalue weighted by Gasteiger charge is 2.37. The predicted octanol–water partition coefficient (Wildman–Crippen LogP) is 3.03. The normalized spacial score (nSPS) is 11.3. The monoisotopic (exact) mass is 220 g/mol. The summed E-state index contributed by atoms with van der Waals surface area (Å²) >= 11 is 0. The van der Waals surface area contributed by atoms with Gasteiger partial charge in [0.05, 0.1) is 14.2 Å². The van der Waals surface area contributed by atoms with E-state index in [1.165, 1.54) is 33.3 Å². The molecule has 0 bridgehead atoms. The van der Waals surface area contributed by atoms with Crippen LogP contribution in [0.1, 0.15) is 11.1 Å². The van der Waals surface area contributed by atoms with E-state index < -0.39 is 11.7 Å². The zero-order valence-electron chi connectivity index (χ0n) is 8.61. The molecule has 2 nitrogen and oxygen atoms in total. The molecule has 0 atom stereocenters. The summed E-state index contributed by atoms with van der Waals surface area (Å²) in [6, 6.07) is 2.80. The van der Waals surface area contributed by atoms with Gasteiger partial charge in [-0.15, -0.1) is 0 Å². The number of hydrogen-bond acceptors (Lipinski definition) is 2. The number of hydrogen-bond donors (Lipinski definition) is 0. The quantitative estimate of drug-likeness (QED) is 0.762. The van der Waals surface area contributed by atoms with E-state index in [2.05, 4.69) is 0 Å². The summed E-state index contributed by atoms with van der Waals surface area (Å²) in [7, 11) is 2.49. The molecule has 0 heterocycles. The fourth-order valence-corrected chi connectivity index (χ4v) is 1.38. The number of benzene rings is 1. The summed E-state index contributed by atoms with van der Waals surface area (Å²) in [6.07, 6.45) is -4.44. The first kappa shape index (κ1) is 11.7. The van der Waals surface area contributed by atoms with Gasteiger partial charge >= 0.3 is 6.18 Å². The summed E-state index contributed by atoms with van der Waals surface area (Å²) < 4.78 is 47.6. The lowest BCUT2D eigenvalue weighted by Crippen LogP contribution is -2.10. The van der Waals surface area contributed by atoms with E-state index in [1.807, 2.05) is 0 Å². The zero-order valence-corrected chi connectivity index (χ0v) is 8.61. The van der Waals surface area contributed by atoms with Gasteiger partial charge in [-0.3, -0.25) is 0 Å². The maximum Gasteiger partial charge on any atom is 0.420 e. The van der Waals surface area contributed by atoms with Crippen LogP contribution in [0.15, 0.2) is 12.1 Å². The van der Waals surface area contributed by atoms with Crippen LogP contribution in [0.5, 0.6) is 11.5 Å². The van der Waals surface area contributed by atoms with Crippen molar-refractivity contribution in [2.45, 2.75) is 13.1 Å². The Morgan fingerprint density at radius 1 is 1.07 bits per heavy atom. The van der Waals surface area contributed by atoms with Crippen molar-refractivity contribution < 1.29 is 22.6 Å². The Morgan fingerprint density at radius 3 is 2.07 bits per heavy atom. The maximum absolute atomic E-state index is 12.7. The van der Waals surface area contributed by atoms with Gasteiger partial charge in [0, 0.05) is 0 Å². The Morgan fingerprint density at radius 2 is 1.67 bits per heavy atom. The molecule has 84 valence electrons. The average Bonchev–Trinajstić information content (AvgIpc) is 2.15. The number of alkyl halides is 3. The second-order valence-electron chi connectivity index (χ2n) is 2.99. The SMILES string of the molecule is COc1ccc(C)c(C(F)(F)F)c1OC. The molecule has 0 spiro atoms. The van der Waals surface area contributed by atoms with E-state index in [1.54, 1.807) is 0 Å². The largest absolute Gasteiger partial charge is 0.493 e. The third-order valence-electron chi connectivity index (χ3n) is 2.04. The van der Waals surface area contributed by atoms with Gasteiger partial charge in [-0.25, -0.2) is 0 Å². The van der Waals surface area contributed by atoms with Crippen LogP contribution in [-0.4, -0.2) is 14.2 Å². The van der Waals surface area contributed by atoms with Gasteiger partial charge in [-0.05, 0) is 18.6 Å². The molecule has 0 aliphatic rings. The summed E-state index contributed by atoms with van der Waals surface area (Å²) in [5, 5.41) is 0. The molecule has 0 saturated carbocycles. The van der Waals surface area contributed by atoms with E-state index >= 15 is 0 Å². The summed E-state index contributed by atoms with van der Waals surface area (Å²) in [5.41, 5.74) is -0.676. The molecule has 1 aromatic rings. The minimum absolute atomic E-state index is 0.0791. The second kappa shape index (κ2) is 4.00. The second-order valence-corrected chi connectivity index (χ2v) is 2.99. The fourth-order valence-electron chi connectivity index (χ4n) is 1.38. The fraction of sp³-hybridized carbons (Fsp3) is 0.400. The van der Waals surface area contributed by atoms with Crippen LogP contribution in [0.4, 0.5) is 13.2 Å². The Balaban J connectivity index is 3.46. The van der Waals surface area contributed by atoms with Gasteiger partial charge in [-0.1, -0.05) is 6.07 Å². The molecule has 15 heavy (non-hydrogen) atoms. The number of aryl methyl sites for hydroxylation is 1. The Labute approximate surface area is 85.6 Å². The van der Waals surface area contributed by atoms with E-state index in [0.717, 1.165) is 0 Å². The van der Waals surface area contributed by atoms with Crippen LogP contribution in [-0.2, 0) is 6.18 Å². The first-order chi connectivity index (χ1) is 6.91. The van der Waals surface area contributed by atoms with Gasteiger partial charge in [-0.2, -0.15) is 13.2 Å². The maximum atomic E-state index is 12.7. The lowest BCUT2D eigenvalue weighted by Gasteiger charge is -2.16. The summed E-state index contributed by atoms with van der Waals surface area (Å²) in [5.74, 6) is -0.194. The molecular formula is C10H11F3O2. The molecule has 0 aromatic heterocycles. The molecule has 5 heteroatoms. The highest BCUT2D eigenvalue weighted by atomic mass is 19.4. The Kier molecular flexibility index (Phi) is 3.12. The molecule has 0 aliphatic carbocycles. The highest BCUT2D eigenvalue weighted by Crippen LogP contribution is 2.43. The standard InChI is InChI=1S/C10H11F3O2/c1-6-4-5-7(14-2)9(15-3)8(6)10(11,12)13/h4-5H,1-3H3. The van der Waals surface area contributed by atoms with Crippen molar-refractivity contribution in [1.29, 1.82) is 0 Å². The molecule has 1 aromatic carbocycles. The molecule has 0 fully saturated rings. The van der Waals surface area contributed by atoms with Crippen molar-refractivity contribution in [2.75, 3.05) is 14.2 Å². The highest BCUT2D eigenvalue weighted by molar-refractivity contribution is 5.51. The van der Waals surface area contributed by atoms with Crippen LogP contribution in [0.3, 0.4) is 0 Å². The predicted molar refractivity (Wildman–Crippen MR) is 49.3 cm³/mol. The van der Waals surface area contributed by atoms with Gasteiger partial charge in [0.2, 0.25) is 0 Å². The smallest absolute Gasteiger partial charge is 0.420 e. The number of ether oxygens (including phenoxy) is 2. The number of rotatable bonds is 2. The van der Waals surface area contributed by atoms with Crippen molar-refractivity contribution in [3.05, 3.63) is 23.3 Å². The summed E-state index contributed by atoms with van der Waals surface area (Å²) in [6.45, 7) is 1.38. The van der Waals surface area contributed by atoms with Crippen molar-refractivity contribution in [3.63, 3.8) is 0 Å². The number of halogens is 3. The third kappa shape index (κ3) is 2.16. The molecule has 0 unspecified atom stereocenters. The lowest BCUT2D eigenvalue weighted by molar-refractivity contribution is -0.139. The Hall–Kier alpha value is -1.39. The van der Waals surface area contributed by atoms with Crippen LogP contribution in [0, 0.1) is 6.92 Å². The lowest BCUT2D eigenvalue weighted by atomic mass is 10.1. The molecule has 0 radical (unpaired) electrons. The van der Waals surface area contributed by atoms with Gasteiger partial charge in [0.15, 0.2) is 11.5 Å². The molecule has 0 aliphatic heterocycles. The minimum atomic E-state index is -4.44. The van der Waals surface area contributed by atoms with Crippen LogP contribution >= 0.6 is 0 Å². The van der Waals surface area contributed by atoms with E-state index in [9.17, 15) is 13.2 Å². The first-order valence-corrected chi connectivity index (χ1v) is 4.20. The zero-order chi connectivity index (χ0) is 11.6. The summed E-state index contributed by atoms with van der Waals surface area (Å²) in [4.78, 5) is 0. The van der Waals surface area contributed by atoms with Gasteiger partial charge < -0.3 is 9.47 Å². The average molecular weight is 220 g/mol. The molecule has 0 saturated heterocycles. The number of methoxy groups -OCH3 is 2. The van der Waals surface area contributed by atoms with Crippen molar-refractivity contribution in [3.8, 4) is 11.5 Å². The van der Waals surface area contributed by atoms with Gasteiger partial charge in [0.1, 0.15) is 5.56 Å². The minimum Gasteiger partial charge on any atom is -0.493 e. The van der Waals surface area contributed by atoms with Crippen molar-refractivity contribution in [2.24, 2.45) is 0 Å². The van der Waals surface area contributed by atoms with Crippen LogP contribution in [0.2, 0.25) is 0 Å². The van der Waals surface area contributed by atoms with Crippen LogP contribution in [0.25, 0.3) is 0 Å². The molecule has 0 amide bonds. The first-order valence-electron chi connectivity index (χ1n) is 4.20. The molecule has 1 rings (SSSR count). The molecular weight excluding hydrogens is 209 g/mol. The van der Waals surface area contributed by atoms with E-state index in [-0.39, 0.29) is 17.1 Å².